The molecule has 2 heterocycles. The summed E-state index contributed by atoms with van der Waals surface area (Å²) in [6, 6.07) is 7.63. The van der Waals surface area contributed by atoms with Crippen molar-refractivity contribution in [2.75, 3.05) is 17.7 Å². The molecule has 1 aromatic carbocycles. The molecule has 3 rings (SSSR count). The highest BCUT2D eigenvalue weighted by Crippen LogP contribution is 2.28. The van der Waals surface area contributed by atoms with Crippen LogP contribution in [0.15, 0.2) is 33.6 Å². The number of anilines is 1. The molecule has 2 aromatic rings. The number of rotatable bonds is 6. The first-order chi connectivity index (χ1) is 11.2. The smallest absolute Gasteiger partial charge is 0.322 e. The summed E-state index contributed by atoms with van der Waals surface area (Å²) in [5.41, 5.74) is 0. The van der Waals surface area contributed by atoms with Crippen LogP contribution in [-0.2, 0) is 9.53 Å². The maximum Gasteiger partial charge on any atom is 0.322 e. The van der Waals surface area contributed by atoms with Crippen molar-refractivity contribution in [3.05, 3.63) is 35.2 Å². The number of nitrogens with one attached hydrogen (secondary N) is 1. The third-order valence-corrected chi connectivity index (χ3v) is 4.57. The highest BCUT2D eigenvalue weighted by molar-refractivity contribution is 7.99. The zero-order valence-electron chi connectivity index (χ0n) is 12.3. The van der Waals surface area contributed by atoms with Crippen LogP contribution < -0.4 is 5.32 Å². The van der Waals surface area contributed by atoms with Crippen LogP contribution in [0.25, 0.3) is 0 Å². The number of aromatic nitrogens is 2. The Bertz CT molecular complexity index is 656. The van der Waals surface area contributed by atoms with Gasteiger partial charge in [0, 0.05) is 28.7 Å². The average molecular weight is 354 g/mol. The summed E-state index contributed by atoms with van der Waals surface area (Å²) < 4.78 is 10.9. The second kappa shape index (κ2) is 7.81. The lowest BCUT2D eigenvalue weighted by Gasteiger charge is -2.03. The number of hydrogen-bond donors (Lipinski definition) is 1. The van der Waals surface area contributed by atoms with E-state index in [2.05, 4.69) is 15.5 Å². The van der Waals surface area contributed by atoms with E-state index in [9.17, 15) is 4.79 Å². The van der Waals surface area contributed by atoms with Crippen molar-refractivity contribution >= 4 is 35.3 Å². The summed E-state index contributed by atoms with van der Waals surface area (Å²) >= 11 is 7.42. The molecule has 23 heavy (non-hydrogen) atoms. The van der Waals surface area contributed by atoms with Gasteiger partial charge in [0.05, 0.1) is 0 Å². The van der Waals surface area contributed by atoms with Crippen molar-refractivity contribution in [3.8, 4) is 0 Å². The molecule has 1 atom stereocenters. The van der Waals surface area contributed by atoms with Gasteiger partial charge in [0.2, 0.25) is 11.8 Å². The zero-order chi connectivity index (χ0) is 16.1. The van der Waals surface area contributed by atoms with Crippen molar-refractivity contribution in [2.24, 2.45) is 0 Å². The number of amides is 1. The van der Waals surface area contributed by atoms with E-state index in [1.165, 1.54) is 0 Å². The number of benzene rings is 1. The van der Waals surface area contributed by atoms with Gasteiger partial charge in [0.1, 0.15) is 6.10 Å². The number of hydrogen-bond acceptors (Lipinski definition) is 6. The van der Waals surface area contributed by atoms with Crippen LogP contribution in [-0.4, -0.2) is 28.5 Å². The Kier molecular flexibility index (Phi) is 5.53. The van der Waals surface area contributed by atoms with Gasteiger partial charge in [0.15, 0.2) is 0 Å². The van der Waals surface area contributed by atoms with Crippen LogP contribution in [0.2, 0.25) is 5.02 Å². The van der Waals surface area contributed by atoms with Crippen LogP contribution in [0, 0.1) is 0 Å². The molecule has 1 amide bonds. The van der Waals surface area contributed by atoms with Crippen LogP contribution in [0.1, 0.15) is 31.3 Å². The molecule has 0 spiro atoms. The minimum atomic E-state index is -0.158. The van der Waals surface area contributed by atoms with Crippen LogP contribution >= 0.6 is 23.4 Å². The lowest BCUT2D eigenvalue weighted by Crippen LogP contribution is -2.12. The van der Waals surface area contributed by atoms with E-state index in [1.807, 2.05) is 24.3 Å². The number of halogens is 1. The number of carbonyl (C=O) groups excluding carboxylic acids is 1. The van der Waals surface area contributed by atoms with Gasteiger partial charge in [-0.3, -0.25) is 10.1 Å². The quantitative estimate of drug-likeness (QED) is 0.798. The Balaban J connectivity index is 1.43. The molecule has 6 nitrogen and oxygen atoms in total. The predicted molar refractivity (Wildman–Crippen MR) is 87.6 cm³/mol. The third-order valence-electron chi connectivity index (χ3n) is 3.30. The molecule has 1 aromatic heterocycles. The highest BCUT2D eigenvalue weighted by Gasteiger charge is 2.23. The molecule has 0 saturated carbocycles. The van der Waals surface area contributed by atoms with Gasteiger partial charge >= 0.3 is 6.01 Å². The van der Waals surface area contributed by atoms with Gasteiger partial charge in [0.25, 0.3) is 0 Å². The molecule has 1 aliphatic heterocycles. The lowest BCUT2D eigenvalue weighted by molar-refractivity contribution is -0.115. The Hall–Kier alpha value is -1.57. The minimum Gasteiger partial charge on any atom is -0.405 e. The standard InChI is InChI=1S/C15H16ClN3O3S/c16-10-3-5-11(6-4-10)23-9-7-13(20)17-15-19-18-14(22-15)12-2-1-8-21-12/h3-6,12H,1-2,7-9H2,(H,17,19,20). The van der Waals surface area contributed by atoms with Crippen LogP contribution in [0.4, 0.5) is 6.01 Å². The van der Waals surface area contributed by atoms with Gasteiger partial charge in [-0.2, -0.15) is 0 Å². The van der Waals surface area contributed by atoms with E-state index >= 15 is 0 Å². The summed E-state index contributed by atoms with van der Waals surface area (Å²) in [5, 5.41) is 11.1. The number of nitrogens with zero attached hydrogens (tertiary/aromatic N) is 2. The summed E-state index contributed by atoms with van der Waals surface area (Å²) in [6.45, 7) is 0.705. The van der Waals surface area contributed by atoms with E-state index in [0.717, 1.165) is 17.7 Å². The molecule has 122 valence electrons. The lowest BCUT2D eigenvalue weighted by atomic mass is 10.2. The first-order valence-corrected chi connectivity index (χ1v) is 8.70. The van der Waals surface area contributed by atoms with Gasteiger partial charge in [-0.15, -0.1) is 16.9 Å². The second-order valence-corrected chi connectivity index (χ2v) is 6.65. The fourth-order valence-electron chi connectivity index (χ4n) is 2.16. The monoisotopic (exact) mass is 353 g/mol. The SMILES string of the molecule is O=C(CCSc1ccc(Cl)cc1)Nc1nnc(C2CCCO2)o1. The van der Waals surface area contributed by atoms with E-state index in [-0.39, 0.29) is 18.0 Å². The molecular formula is C15H16ClN3O3S. The van der Waals surface area contributed by atoms with Crippen molar-refractivity contribution in [2.45, 2.75) is 30.3 Å². The number of thioether (sulfide) groups is 1. The third kappa shape index (κ3) is 4.70. The molecule has 1 N–H and O–H groups in total. The van der Waals surface area contributed by atoms with Crippen molar-refractivity contribution in [1.29, 1.82) is 0 Å². The molecule has 1 unspecified atom stereocenters. The number of ether oxygens (including phenoxy) is 1. The highest BCUT2D eigenvalue weighted by atomic mass is 35.5. The Morgan fingerprint density at radius 3 is 2.91 bits per heavy atom. The molecule has 1 aliphatic rings. The molecular weight excluding hydrogens is 338 g/mol. The molecule has 1 fully saturated rings. The molecule has 0 radical (unpaired) electrons. The van der Waals surface area contributed by atoms with E-state index in [4.69, 9.17) is 20.8 Å². The van der Waals surface area contributed by atoms with Crippen molar-refractivity contribution in [3.63, 3.8) is 0 Å². The molecule has 0 aliphatic carbocycles. The Morgan fingerprint density at radius 2 is 2.17 bits per heavy atom. The topological polar surface area (TPSA) is 77.2 Å². The fraction of sp³-hybridized carbons (Fsp3) is 0.400. The number of carbonyl (C=O) groups is 1. The Labute approximate surface area is 142 Å². The first-order valence-electron chi connectivity index (χ1n) is 7.34. The maximum atomic E-state index is 11.9. The van der Waals surface area contributed by atoms with Gasteiger partial charge in [-0.25, -0.2) is 0 Å². The summed E-state index contributed by atoms with van der Waals surface area (Å²) in [5.74, 6) is 0.919. The van der Waals surface area contributed by atoms with Crippen LogP contribution in [0.5, 0.6) is 0 Å². The largest absolute Gasteiger partial charge is 0.405 e. The van der Waals surface area contributed by atoms with Gasteiger partial charge in [-0.05, 0) is 37.1 Å². The first kappa shape index (κ1) is 16.3. The molecule has 8 heteroatoms. The van der Waals surface area contributed by atoms with E-state index in [1.54, 1.807) is 11.8 Å². The summed E-state index contributed by atoms with van der Waals surface area (Å²) in [4.78, 5) is 13.0. The second-order valence-electron chi connectivity index (χ2n) is 5.05. The van der Waals surface area contributed by atoms with Crippen molar-refractivity contribution in [1.82, 2.24) is 10.2 Å². The van der Waals surface area contributed by atoms with E-state index < -0.39 is 0 Å². The molecule has 1 saturated heterocycles. The molecule has 0 bridgehead atoms. The van der Waals surface area contributed by atoms with E-state index in [0.29, 0.717) is 29.7 Å². The fourth-order valence-corrected chi connectivity index (χ4v) is 3.14. The average Bonchev–Trinajstić information content (AvgIpc) is 3.20. The maximum absolute atomic E-state index is 11.9. The zero-order valence-corrected chi connectivity index (χ0v) is 13.9. The van der Waals surface area contributed by atoms with Crippen molar-refractivity contribution < 1.29 is 13.9 Å². The summed E-state index contributed by atoms with van der Waals surface area (Å²) in [6.07, 6.45) is 2.06. The minimum absolute atomic E-state index is 0.122. The van der Waals surface area contributed by atoms with Gasteiger partial charge in [-0.1, -0.05) is 16.7 Å². The predicted octanol–water partition coefficient (Wildman–Crippen LogP) is 3.70. The summed E-state index contributed by atoms with van der Waals surface area (Å²) in [7, 11) is 0. The normalized spacial score (nSPS) is 17.3. The van der Waals surface area contributed by atoms with Gasteiger partial charge < -0.3 is 9.15 Å². The van der Waals surface area contributed by atoms with Crippen LogP contribution in [0.3, 0.4) is 0 Å². The Morgan fingerprint density at radius 1 is 1.35 bits per heavy atom.